The first-order valence-electron chi connectivity index (χ1n) is 6.78. The topological polar surface area (TPSA) is 65.5 Å². The van der Waals surface area contributed by atoms with E-state index in [0.29, 0.717) is 19.1 Å². The Bertz CT molecular complexity index is 500. The molecule has 1 N–H and O–H groups in total. The summed E-state index contributed by atoms with van der Waals surface area (Å²) in [6.45, 7) is 1.72. The van der Waals surface area contributed by atoms with Gasteiger partial charge in [-0.05, 0) is 25.8 Å². The SMILES string of the molecule is CN(CCCNC1CC1)S(=O)(=O)N(C)Cc1cscn1. The van der Waals surface area contributed by atoms with Crippen LogP contribution in [0.25, 0.3) is 0 Å². The minimum absolute atomic E-state index is 0.316. The van der Waals surface area contributed by atoms with Gasteiger partial charge in [0.25, 0.3) is 10.2 Å². The predicted octanol–water partition coefficient (Wildman–Crippen LogP) is 0.894. The van der Waals surface area contributed by atoms with Crippen molar-refractivity contribution in [2.75, 3.05) is 27.2 Å². The molecule has 0 bridgehead atoms. The maximum absolute atomic E-state index is 12.3. The summed E-state index contributed by atoms with van der Waals surface area (Å²) in [5.74, 6) is 0. The van der Waals surface area contributed by atoms with Crippen molar-refractivity contribution in [1.29, 1.82) is 0 Å². The minimum Gasteiger partial charge on any atom is -0.314 e. The third-order valence-electron chi connectivity index (χ3n) is 3.32. The van der Waals surface area contributed by atoms with Gasteiger partial charge in [-0.25, -0.2) is 4.98 Å². The average Bonchev–Trinajstić information content (AvgIpc) is 3.10. The fraction of sp³-hybridized carbons (Fsp3) is 0.750. The van der Waals surface area contributed by atoms with Crippen molar-refractivity contribution in [3.63, 3.8) is 0 Å². The Morgan fingerprint density at radius 2 is 2.15 bits per heavy atom. The van der Waals surface area contributed by atoms with Gasteiger partial charge in [-0.2, -0.15) is 17.0 Å². The van der Waals surface area contributed by atoms with E-state index in [2.05, 4.69) is 10.3 Å². The van der Waals surface area contributed by atoms with Gasteiger partial charge in [-0.3, -0.25) is 0 Å². The minimum atomic E-state index is -3.40. The van der Waals surface area contributed by atoms with Crippen LogP contribution in [0.3, 0.4) is 0 Å². The van der Waals surface area contributed by atoms with Crippen LogP contribution in [-0.2, 0) is 16.8 Å². The smallest absolute Gasteiger partial charge is 0.281 e. The molecule has 0 aromatic carbocycles. The second kappa shape index (κ2) is 6.95. The summed E-state index contributed by atoms with van der Waals surface area (Å²) in [6.07, 6.45) is 3.34. The quantitative estimate of drug-likeness (QED) is 0.687. The number of nitrogens with zero attached hydrogens (tertiary/aromatic N) is 3. The standard InChI is InChI=1S/C12H22N4O2S2/c1-15(7-3-6-13-11-4-5-11)20(17,18)16(2)8-12-9-19-10-14-12/h9-11,13H,3-8H2,1-2H3. The summed E-state index contributed by atoms with van der Waals surface area (Å²) >= 11 is 1.47. The van der Waals surface area contributed by atoms with Crippen LogP contribution < -0.4 is 5.32 Å². The lowest BCUT2D eigenvalue weighted by Gasteiger charge is -2.23. The lowest BCUT2D eigenvalue weighted by Crippen LogP contribution is -2.40. The van der Waals surface area contributed by atoms with Crippen LogP contribution in [0.1, 0.15) is 25.0 Å². The van der Waals surface area contributed by atoms with Crippen LogP contribution in [0.5, 0.6) is 0 Å². The van der Waals surface area contributed by atoms with Gasteiger partial charge in [0.2, 0.25) is 0 Å². The van der Waals surface area contributed by atoms with Crippen LogP contribution in [0.2, 0.25) is 0 Å². The highest BCUT2D eigenvalue weighted by molar-refractivity contribution is 7.86. The average molecular weight is 318 g/mol. The number of hydrogen-bond donors (Lipinski definition) is 1. The molecule has 0 amide bonds. The number of rotatable bonds is 9. The third kappa shape index (κ3) is 4.49. The first-order valence-corrected chi connectivity index (χ1v) is 9.12. The first kappa shape index (κ1) is 15.8. The van der Waals surface area contributed by atoms with Crippen LogP contribution in [0.15, 0.2) is 10.9 Å². The van der Waals surface area contributed by atoms with Gasteiger partial charge in [0.15, 0.2) is 0 Å². The van der Waals surface area contributed by atoms with E-state index in [1.165, 1.54) is 32.8 Å². The van der Waals surface area contributed by atoms with E-state index in [4.69, 9.17) is 0 Å². The molecule has 114 valence electrons. The van der Waals surface area contributed by atoms with Crippen molar-refractivity contribution in [1.82, 2.24) is 18.9 Å². The highest BCUT2D eigenvalue weighted by Crippen LogP contribution is 2.18. The molecule has 1 heterocycles. The molecular weight excluding hydrogens is 296 g/mol. The first-order chi connectivity index (χ1) is 9.50. The fourth-order valence-electron chi connectivity index (χ4n) is 1.87. The highest BCUT2D eigenvalue weighted by atomic mass is 32.2. The summed E-state index contributed by atoms with van der Waals surface area (Å²) < 4.78 is 27.4. The Kier molecular flexibility index (Phi) is 5.50. The van der Waals surface area contributed by atoms with Gasteiger partial charge < -0.3 is 5.32 Å². The van der Waals surface area contributed by atoms with Crippen molar-refractivity contribution in [3.05, 3.63) is 16.6 Å². The number of nitrogens with one attached hydrogen (secondary N) is 1. The Morgan fingerprint density at radius 3 is 2.75 bits per heavy atom. The second-order valence-electron chi connectivity index (χ2n) is 5.15. The lowest BCUT2D eigenvalue weighted by molar-refractivity contribution is 0.382. The number of aromatic nitrogens is 1. The summed E-state index contributed by atoms with van der Waals surface area (Å²) in [4.78, 5) is 4.11. The van der Waals surface area contributed by atoms with Crippen molar-refractivity contribution in [2.24, 2.45) is 0 Å². The molecule has 1 aromatic rings. The molecule has 0 radical (unpaired) electrons. The molecule has 1 aromatic heterocycles. The van der Waals surface area contributed by atoms with Gasteiger partial charge in [0, 0.05) is 32.1 Å². The summed E-state index contributed by atoms with van der Waals surface area (Å²) in [6, 6.07) is 0.671. The highest BCUT2D eigenvalue weighted by Gasteiger charge is 2.24. The molecule has 2 rings (SSSR count). The van der Waals surface area contributed by atoms with Gasteiger partial charge in [-0.1, -0.05) is 0 Å². The number of thiazole rings is 1. The fourth-order valence-corrected chi connectivity index (χ4v) is 3.55. The third-order valence-corrected chi connectivity index (χ3v) is 5.84. The van der Waals surface area contributed by atoms with E-state index < -0.39 is 10.2 Å². The number of hydrogen-bond acceptors (Lipinski definition) is 5. The van der Waals surface area contributed by atoms with Crippen molar-refractivity contribution >= 4 is 21.5 Å². The molecule has 1 fully saturated rings. The molecule has 0 aliphatic heterocycles. The summed E-state index contributed by atoms with van der Waals surface area (Å²) in [5.41, 5.74) is 2.49. The maximum Gasteiger partial charge on any atom is 0.281 e. The van der Waals surface area contributed by atoms with Crippen molar-refractivity contribution in [3.8, 4) is 0 Å². The Balaban J connectivity index is 1.77. The molecule has 0 saturated heterocycles. The van der Waals surface area contributed by atoms with Gasteiger partial charge in [0.1, 0.15) is 0 Å². The zero-order chi connectivity index (χ0) is 14.6. The normalized spacial score (nSPS) is 16.2. The molecule has 1 aliphatic rings. The molecule has 1 aliphatic carbocycles. The van der Waals surface area contributed by atoms with E-state index in [-0.39, 0.29) is 0 Å². The predicted molar refractivity (Wildman–Crippen MR) is 80.8 cm³/mol. The molecule has 0 unspecified atom stereocenters. The molecule has 8 heteroatoms. The molecule has 0 spiro atoms. The maximum atomic E-state index is 12.3. The van der Waals surface area contributed by atoms with Crippen LogP contribution in [0.4, 0.5) is 0 Å². The summed E-state index contributed by atoms with van der Waals surface area (Å²) in [7, 11) is -0.177. The molecule has 1 saturated carbocycles. The zero-order valence-corrected chi connectivity index (χ0v) is 13.6. The zero-order valence-electron chi connectivity index (χ0n) is 11.9. The van der Waals surface area contributed by atoms with Crippen LogP contribution >= 0.6 is 11.3 Å². The van der Waals surface area contributed by atoms with Crippen LogP contribution in [0, 0.1) is 0 Å². The lowest BCUT2D eigenvalue weighted by atomic mass is 10.4. The van der Waals surface area contributed by atoms with E-state index in [0.717, 1.165) is 18.7 Å². The van der Waals surface area contributed by atoms with Gasteiger partial charge in [-0.15, -0.1) is 11.3 Å². The Labute approximate surface area is 125 Å². The monoisotopic (exact) mass is 318 g/mol. The molecule has 20 heavy (non-hydrogen) atoms. The van der Waals surface area contributed by atoms with E-state index in [1.807, 2.05) is 5.38 Å². The molecular formula is C12H22N4O2S2. The molecule has 6 nitrogen and oxygen atoms in total. The van der Waals surface area contributed by atoms with Crippen LogP contribution in [-0.4, -0.2) is 55.2 Å². The molecule has 0 atom stereocenters. The van der Waals surface area contributed by atoms with Gasteiger partial charge in [0.05, 0.1) is 17.7 Å². The van der Waals surface area contributed by atoms with E-state index >= 15 is 0 Å². The van der Waals surface area contributed by atoms with E-state index in [1.54, 1.807) is 19.6 Å². The summed E-state index contributed by atoms with van der Waals surface area (Å²) in [5, 5.41) is 5.25. The van der Waals surface area contributed by atoms with Crippen molar-refractivity contribution < 1.29 is 8.42 Å². The van der Waals surface area contributed by atoms with Crippen molar-refractivity contribution in [2.45, 2.75) is 31.8 Å². The second-order valence-corrected chi connectivity index (χ2v) is 8.01. The van der Waals surface area contributed by atoms with E-state index in [9.17, 15) is 8.42 Å². The largest absolute Gasteiger partial charge is 0.314 e. The van der Waals surface area contributed by atoms with Gasteiger partial charge >= 0.3 is 0 Å². The Hall–Kier alpha value is -0.540. The Morgan fingerprint density at radius 1 is 1.40 bits per heavy atom.